The normalized spacial score (nSPS) is 11.6. The fraction of sp³-hybridized carbons (Fsp3) is 0.200. The van der Waals surface area contributed by atoms with Crippen molar-refractivity contribution in [3.8, 4) is 0 Å². The standard InChI is InChI=1S/C10H10ClN3O4/c11-7-2-1-5(4-13-7)9(16)14-6(10(17)18)3-8(12)15/h1-2,4,6H,3H2,(H2,12,15)(H,14,16)(H,17,18)/t6-/m0/s1. The summed E-state index contributed by atoms with van der Waals surface area (Å²) in [4.78, 5) is 36.8. The van der Waals surface area contributed by atoms with Gasteiger partial charge in [-0.15, -0.1) is 0 Å². The van der Waals surface area contributed by atoms with Crippen LogP contribution in [0.4, 0.5) is 0 Å². The molecule has 18 heavy (non-hydrogen) atoms. The molecule has 8 heteroatoms. The van der Waals surface area contributed by atoms with Gasteiger partial charge in [0.1, 0.15) is 11.2 Å². The Balaban J connectivity index is 2.75. The van der Waals surface area contributed by atoms with Gasteiger partial charge in [-0.25, -0.2) is 9.78 Å². The van der Waals surface area contributed by atoms with Gasteiger partial charge in [-0.05, 0) is 12.1 Å². The zero-order valence-electron chi connectivity index (χ0n) is 9.09. The molecule has 1 atom stereocenters. The zero-order valence-corrected chi connectivity index (χ0v) is 9.85. The first-order chi connectivity index (χ1) is 8.40. The summed E-state index contributed by atoms with van der Waals surface area (Å²) in [5.41, 5.74) is 5.02. The van der Waals surface area contributed by atoms with Crippen LogP contribution in [0.3, 0.4) is 0 Å². The fourth-order valence-electron chi connectivity index (χ4n) is 1.15. The van der Waals surface area contributed by atoms with E-state index in [9.17, 15) is 14.4 Å². The third-order valence-electron chi connectivity index (χ3n) is 2.00. The molecule has 1 rings (SSSR count). The number of nitrogens with one attached hydrogen (secondary N) is 1. The molecule has 1 aromatic heterocycles. The molecule has 1 heterocycles. The van der Waals surface area contributed by atoms with Gasteiger partial charge in [-0.3, -0.25) is 9.59 Å². The number of hydrogen-bond acceptors (Lipinski definition) is 4. The number of carboxylic acids is 1. The van der Waals surface area contributed by atoms with E-state index in [1.165, 1.54) is 18.3 Å². The topological polar surface area (TPSA) is 122 Å². The molecule has 2 amide bonds. The first-order valence-electron chi connectivity index (χ1n) is 4.83. The molecular weight excluding hydrogens is 262 g/mol. The SMILES string of the molecule is NC(=O)C[C@H](NC(=O)c1ccc(Cl)nc1)C(=O)O. The Bertz CT molecular complexity index is 475. The molecule has 0 aliphatic heterocycles. The summed E-state index contributed by atoms with van der Waals surface area (Å²) in [7, 11) is 0. The smallest absolute Gasteiger partial charge is 0.326 e. The Morgan fingerprint density at radius 2 is 2.11 bits per heavy atom. The van der Waals surface area contributed by atoms with Crippen molar-refractivity contribution in [1.82, 2.24) is 10.3 Å². The van der Waals surface area contributed by atoms with Crippen LogP contribution in [0.25, 0.3) is 0 Å². The van der Waals surface area contributed by atoms with Crippen LogP contribution in [0.15, 0.2) is 18.3 Å². The predicted octanol–water partition coefficient (Wildman–Crippen LogP) is -0.207. The molecular formula is C10H10ClN3O4. The van der Waals surface area contributed by atoms with Gasteiger partial charge in [-0.2, -0.15) is 0 Å². The van der Waals surface area contributed by atoms with Crippen molar-refractivity contribution in [1.29, 1.82) is 0 Å². The highest BCUT2D eigenvalue weighted by Crippen LogP contribution is 2.05. The van der Waals surface area contributed by atoms with Crippen molar-refractivity contribution in [2.45, 2.75) is 12.5 Å². The van der Waals surface area contributed by atoms with Crippen LogP contribution in [-0.2, 0) is 9.59 Å². The maximum atomic E-state index is 11.6. The van der Waals surface area contributed by atoms with Crippen molar-refractivity contribution in [3.63, 3.8) is 0 Å². The molecule has 96 valence electrons. The van der Waals surface area contributed by atoms with Crippen molar-refractivity contribution in [2.75, 3.05) is 0 Å². The Kier molecular flexibility index (Phi) is 4.61. The molecule has 0 bridgehead atoms. The average Bonchev–Trinajstić information content (AvgIpc) is 2.28. The zero-order chi connectivity index (χ0) is 13.7. The van der Waals surface area contributed by atoms with Crippen LogP contribution in [0.5, 0.6) is 0 Å². The molecule has 0 aromatic carbocycles. The number of halogens is 1. The number of rotatable bonds is 5. The quantitative estimate of drug-likeness (QED) is 0.640. The summed E-state index contributed by atoms with van der Waals surface area (Å²) in [5.74, 6) is -2.84. The molecule has 0 saturated carbocycles. The van der Waals surface area contributed by atoms with Crippen LogP contribution in [0.1, 0.15) is 16.8 Å². The number of nitrogens with zero attached hydrogens (tertiary/aromatic N) is 1. The lowest BCUT2D eigenvalue weighted by Gasteiger charge is -2.12. The van der Waals surface area contributed by atoms with Gasteiger partial charge in [0.05, 0.1) is 12.0 Å². The van der Waals surface area contributed by atoms with Gasteiger partial charge in [0.15, 0.2) is 0 Å². The molecule has 0 radical (unpaired) electrons. The second-order valence-electron chi connectivity index (χ2n) is 3.40. The molecule has 0 aliphatic carbocycles. The van der Waals surface area contributed by atoms with E-state index in [-0.39, 0.29) is 10.7 Å². The third kappa shape index (κ3) is 4.02. The second-order valence-corrected chi connectivity index (χ2v) is 3.79. The molecule has 7 nitrogen and oxygen atoms in total. The molecule has 4 N–H and O–H groups in total. The number of hydrogen-bond donors (Lipinski definition) is 3. The van der Waals surface area contributed by atoms with Crippen LogP contribution in [-0.4, -0.2) is 33.9 Å². The number of primary amides is 1. The van der Waals surface area contributed by atoms with Gasteiger partial charge in [0.25, 0.3) is 5.91 Å². The highest BCUT2D eigenvalue weighted by atomic mass is 35.5. The highest BCUT2D eigenvalue weighted by Gasteiger charge is 2.22. The number of aliphatic carboxylic acids is 1. The maximum Gasteiger partial charge on any atom is 0.326 e. The minimum Gasteiger partial charge on any atom is -0.480 e. The summed E-state index contributed by atoms with van der Waals surface area (Å²) in [6.07, 6.45) is 0.711. The Morgan fingerprint density at radius 1 is 1.44 bits per heavy atom. The Labute approximate surface area is 107 Å². The summed E-state index contributed by atoms with van der Waals surface area (Å²) < 4.78 is 0. The maximum absolute atomic E-state index is 11.6. The number of carbonyl (C=O) groups excluding carboxylic acids is 2. The van der Waals surface area contributed by atoms with Gasteiger partial charge in [0, 0.05) is 6.20 Å². The number of pyridine rings is 1. The van der Waals surface area contributed by atoms with Crippen LogP contribution in [0, 0.1) is 0 Å². The van der Waals surface area contributed by atoms with Gasteiger partial charge in [-0.1, -0.05) is 11.6 Å². The van der Waals surface area contributed by atoms with Crippen LogP contribution in [0.2, 0.25) is 5.15 Å². The predicted molar refractivity (Wildman–Crippen MR) is 61.9 cm³/mol. The summed E-state index contributed by atoms with van der Waals surface area (Å²) >= 11 is 5.54. The minimum atomic E-state index is -1.37. The summed E-state index contributed by atoms with van der Waals surface area (Å²) in [6, 6.07) is 1.40. The average molecular weight is 272 g/mol. The molecule has 0 unspecified atom stereocenters. The summed E-state index contributed by atoms with van der Waals surface area (Å²) in [6.45, 7) is 0. The Hall–Kier alpha value is -2.15. The van der Waals surface area contributed by atoms with E-state index in [4.69, 9.17) is 22.4 Å². The van der Waals surface area contributed by atoms with E-state index in [2.05, 4.69) is 10.3 Å². The van der Waals surface area contributed by atoms with Crippen LogP contribution < -0.4 is 11.1 Å². The van der Waals surface area contributed by atoms with E-state index in [1.807, 2.05) is 0 Å². The molecule has 0 fully saturated rings. The van der Waals surface area contributed by atoms with E-state index in [1.54, 1.807) is 0 Å². The first kappa shape index (κ1) is 13.9. The van der Waals surface area contributed by atoms with E-state index in [0.29, 0.717) is 0 Å². The highest BCUT2D eigenvalue weighted by molar-refractivity contribution is 6.29. The Morgan fingerprint density at radius 3 is 2.56 bits per heavy atom. The molecule has 1 aromatic rings. The molecule has 0 spiro atoms. The van der Waals surface area contributed by atoms with Gasteiger partial charge < -0.3 is 16.2 Å². The lowest BCUT2D eigenvalue weighted by atomic mass is 10.2. The fourth-order valence-corrected chi connectivity index (χ4v) is 1.26. The van der Waals surface area contributed by atoms with Crippen LogP contribution >= 0.6 is 11.6 Å². The monoisotopic (exact) mass is 271 g/mol. The largest absolute Gasteiger partial charge is 0.480 e. The lowest BCUT2D eigenvalue weighted by Crippen LogP contribution is -2.43. The third-order valence-corrected chi connectivity index (χ3v) is 2.22. The van der Waals surface area contributed by atoms with E-state index >= 15 is 0 Å². The number of aromatic nitrogens is 1. The van der Waals surface area contributed by atoms with E-state index in [0.717, 1.165) is 0 Å². The van der Waals surface area contributed by atoms with Crippen molar-refractivity contribution < 1.29 is 19.5 Å². The van der Waals surface area contributed by atoms with Gasteiger partial charge >= 0.3 is 5.97 Å². The van der Waals surface area contributed by atoms with Crippen molar-refractivity contribution >= 4 is 29.4 Å². The van der Waals surface area contributed by atoms with Gasteiger partial charge in [0.2, 0.25) is 5.91 Å². The van der Waals surface area contributed by atoms with Crippen molar-refractivity contribution in [3.05, 3.63) is 29.0 Å². The second kappa shape index (κ2) is 5.97. The number of nitrogens with two attached hydrogens (primary N) is 1. The minimum absolute atomic E-state index is 0.134. The molecule has 0 saturated heterocycles. The molecule has 0 aliphatic rings. The first-order valence-corrected chi connectivity index (χ1v) is 5.21. The number of amides is 2. The van der Waals surface area contributed by atoms with Crippen molar-refractivity contribution in [2.24, 2.45) is 5.73 Å². The number of carbonyl (C=O) groups is 3. The number of carboxylic acid groups (broad SMARTS) is 1. The summed E-state index contributed by atoms with van der Waals surface area (Å²) in [5, 5.41) is 11.2. The lowest BCUT2D eigenvalue weighted by molar-refractivity contribution is -0.140. The van der Waals surface area contributed by atoms with E-state index < -0.39 is 30.2 Å².